The predicted molar refractivity (Wildman–Crippen MR) is 125 cm³/mol. The van der Waals surface area contributed by atoms with Crippen molar-refractivity contribution in [3.8, 4) is 0 Å². The lowest BCUT2D eigenvalue weighted by molar-refractivity contribution is -0.122. The quantitative estimate of drug-likeness (QED) is 0.420. The number of halogens is 2. The van der Waals surface area contributed by atoms with Crippen molar-refractivity contribution >= 4 is 52.8 Å². The van der Waals surface area contributed by atoms with Crippen LogP contribution in [0.4, 0.5) is 10.5 Å². The Morgan fingerprint density at radius 1 is 1.00 bits per heavy atom. The summed E-state index contributed by atoms with van der Waals surface area (Å²) in [6, 6.07) is 15.1. The second-order valence-corrected chi connectivity index (χ2v) is 8.12. The van der Waals surface area contributed by atoms with Gasteiger partial charge in [-0.25, -0.2) is 9.69 Å². The number of barbiturate groups is 1. The molecule has 0 aliphatic carbocycles. The van der Waals surface area contributed by atoms with Crippen LogP contribution >= 0.6 is 23.2 Å². The van der Waals surface area contributed by atoms with Gasteiger partial charge in [0.2, 0.25) is 0 Å². The van der Waals surface area contributed by atoms with Gasteiger partial charge in [0.05, 0.1) is 5.69 Å². The Labute approximate surface area is 195 Å². The maximum Gasteiger partial charge on any atom is 0.335 e. The van der Waals surface area contributed by atoms with Crippen molar-refractivity contribution in [2.75, 3.05) is 4.90 Å². The van der Waals surface area contributed by atoms with Gasteiger partial charge in [0.15, 0.2) is 0 Å². The van der Waals surface area contributed by atoms with E-state index in [1.165, 1.54) is 6.08 Å². The van der Waals surface area contributed by atoms with Crippen molar-refractivity contribution < 1.29 is 14.4 Å². The number of carbonyl (C=O) groups is 3. The van der Waals surface area contributed by atoms with E-state index in [2.05, 4.69) is 5.32 Å². The van der Waals surface area contributed by atoms with Gasteiger partial charge >= 0.3 is 6.03 Å². The Balaban J connectivity index is 1.66. The minimum atomic E-state index is -0.773. The number of urea groups is 1. The highest BCUT2D eigenvalue weighted by molar-refractivity contribution is 6.39. The summed E-state index contributed by atoms with van der Waals surface area (Å²) in [6.07, 6.45) is 4.12. The van der Waals surface area contributed by atoms with Crippen LogP contribution in [-0.4, -0.2) is 22.4 Å². The first-order valence-electron chi connectivity index (χ1n) is 9.97. The second-order valence-electron chi connectivity index (χ2n) is 7.27. The summed E-state index contributed by atoms with van der Waals surface area (Å²) in [6.45, 7) is 2.43. The molecule has 1 fully saturated rings. The van der Waals surface area contributed by atoms with E-state index in [1.54, 1.807) is 36.4 Å². The van der Waals surface area contributed by atoms with Crippen molar-refractivity contribution in [1.82, 2.24) is 9.88 Å². The zero-order valence-electron chi connectivity index (χ0n) is 17.1. The summed E-state index contributed by atoms with van der Waals surface area (Å²) in [5, 5.41) is 3.30. The largest absolute Gasteiger partial charge is 0.343 e. The Bertz CT molecular complexity index is 1250. The molecular weight excluding hydrogens is 449 g/mol. The highest BCUT2D eigenvalue weighted by Crippen LogP contribution is 2.25. The average Bonchev–Trinajstić information content (AvgIpc) is 3.20. The molecule has 6 nitrogen and oxygen atoms in total. The molecule has 0 radical (unpaired) electrons. The summed E-state index contributed by atoms with van der Waals surface area (Å²) >= 11 is 12.3. The fourth-order valence-electron chi connectivity index (χ4n) is 3.46. The lowest BCUT2D eigenvalue weighted by atomic mass is 10.1. The lowest BCUT2D eigenvalue weighted by Crippen LogP contribution is -2.54. The van der Waals surface area contributed by atoms with E-state index in [0.717, 1.165) is 22.4 Å². The first kappa shape index (κ1) is 21.9. The second kappa shape index (κ2) is 9.02. The minimum Gasteiger partial charge on any atom is -0.343 e. The van der Waals surface area contributed by atoms with Gasteiger partial charge in [-0.2, -0.15) is 0 Å². The molecule has 2 heterocycles. The number of rotatable bonds is 5. The summed E-state index contributed by atoms with van der Waals surface area (Å²) in [7, 11) is 0. The first-order valence-corrected chi connectivity index (χ1v) is 10.7. The van der Waals surface area contributed by atoms with Crippen LogP contribution in [-0.2, 0) is 22.6 Å². The molecule has 8 heteroatoms. The van der Waals surface area contributed by atoms with Crippen molar-refractivity contribution in [1.29, 1.82) is 0 Å². The van der Waals surface area contributed by atoms with E-state index >= 15 is 0 Å². The van der Waals surface area contributed by atoms with Gasteiger partial charge in [-0.1, -0.05) is 48.3 Å². The molecule has 1 saturated heterocycles. The fourth-order valence-corrected chi connectivity index (χ4v) is 3.92. The molecule has 4 rings (SSSR count). The van der Waals surface area contributed by atoms with Crippen LogP contribution in [0.3, 0.4) is 0 Å². The molecule has 0 spiro atoms. The maximum atomic E-state index is 13.1. The topological polar surface area (TPSA) is 71.4 Å². The van der Waals surface area contributed by atoms with Gasteiger partial charge in [0.1, 0.15) is 5.57 Å². The van der Waals surface area contributed by atoms with Gasteiger partial charge in [-0.05, 0) is 60.0 Å². The monoisotopic (exact) mass is 467 g/mol. The number of nitrogens with one attached hydrogen (secondary N) is 1. The van der Waals surface area contributed by atoms with Crippen molar-refractivity contribution in [3.05, 3.63) is 93.2 Å². The summed E-state index contributed by atoms with van der Waals surface area (Å²) < 4.78 is 1.85. The summed E-state index contributed by atoms with van der Waals surface area (Å²) in [5.41, 5.74) is 2.78. The highest BCUT2D eigenvalue weighted by Gasteiger charge is 2.36. The Hall–Kier alpha value is -3.35. The van der Waals surface area contributed by atoms with E-state index in [9.17, 15) is 14.4 Å². The Morgan fingerprint density at radius 3 is 2.44 bits per heavy atom. The molecule has 4 amide bonds. The van der Waals surface area contributed by atoms with E-state index in [-0.39, 0.29) is 5.57 Å². The SMILES string of the molecule is CCc1ccc(N2C(=O)NC(=O)C(=Cc3cccn3Cc3ccc(Cl)cc3Cl)C2=O)cc1. The number of amides is 4. The molecule has 2 aromatic carbocycles. The standard InChI is InChI=1S/C24H19Cl2N3O3/c1-2-15-5-9-18(10-6-15)29-23(31)20(22(30)27-24(29)32)13-19-4-3-11-28(19)14-16-7-8-17(25)12-21(16)26/h3-13H,2,14H2,1H3,(H,27,30,32). The van der Waals surface area contributed by atoms with Crippen molar-refractivity contribution in [3.63, 3.8) is 0 Å². The van der Waals surface area contributed by atoms with Crippen molar-refractivity contribution in [2.24, 2.45) is 0 Å². The normalized spacial score (nSPS) is 15.4. The Kier molecular flexibility index (Phi) is 6.17. The molecule has 0 unspecified atom stereocenters. The number of carbonyl (C=O) groups excluding carboxylic acids is 3. The van der Waals surface area contributed by atoms with E-state index in [1.807, 2.05) is 35.9 Å². The van der Waals surface area contributed by atoms with Gasteiger partial charge in [-0.15, -0.1) is 0 Å². The molecule has 0 bridgehead atoms. The maximum absolute atomic E-state index is 13.1. The number of benzene rings is 2. The molecule has 3 aromatic rings. The summed E-state index contributed by atoms with van der Waals surface area (Å²) in [5.74, 6) is -1.42. The third-order valence-electron chi connectivity index (χ3n) is 5.22. The molecule has 1 N–H and O–H groups in total. The van der Waals surface area contributed by atoms with Crippen LogP contribution < -0.4 is 10.2 Å². The zero-order chi connectivity index (χ0) is 22.8. The number of anilines is 1. The van der Waals surface area contributed by atoms with Crippen LogP contribution in [0.2, 0.25) is 10.0 Å². The molecule has 1 aliphatic heterocycles. The molecule has 0 saturated carbocycles. The Morgan fingerprint density at radius 2 is 1.75 bits per heavy atom. The van der Waals surface area contributed by atoms with E-state index in [4.69, 9.17) is 23.2 Å². The van der Waals surface area contributed by atoms with Crippen LogP contribution in [0, 0.1) is 0 Å². The number of aromatic nitrogens is 1. The molecular formula is C24H19Cl2N3O3. The highest BCUT2D eigenvalue weighted by atomic mass is 35.5. The lowest BCUT2D eigenvalue weighted by Gasteiger charge is -2.26. The third kappa shape index (κ3) is 4.33. The third-order valence-corrected chi connectivity index (χ3v) is 5.80. The molecule has 1 aromatic heterocycles. The number of aryl methyl sites for hydroxylation is 1. The minimum absolute atomic E-state index is 0.133. The number of hydrogen-bond acceptors (Lipinski definition) is 3. The summed E-state index contributed by atoms with van der Waals surface area (Å²) in [4.78, 5) is 39.0. The first-order chi connectivity index (χ1) is 15.4. The zero-order valence-corrected chi connectivity index (χ0v) is 18.7. The molecule has 1 aliphatic rings. The smallest absolute Gasteiger partial charge is 0.335 e. The van der Waals surface area contributed by atoms with E-state index < -0.39 is 17.8 Å². The van der Waals surface area contributed by atoms with Crippen LogP contribution in [0.5, 0.6) is 0 Å². The number of hydrogen-bond donors (Lipinski definition) is 1. The van der Waals surface area contributed by atoms with Crippen LogP contribution in [0.25, 0.3) is 6.08 Å². The van der Waals surface area contributed by atoms with Gasteiger partial charge in [-0.3, -0.25) is 14.9 Å². The number of imide groups is 2. The average molecular weight is 468 g/mol. The molecule has 32 heavy (non-hydrogen) atoms. The van der Waals surface area contributed by atoms with Crippen LogP contribution in [0.15, 0.2) is 66.4 Å². The number of nitrogens with zero attached hydrogens (tertiary/aromatic N) is 2. The molecule has 0 atom stereocenters. The van der Waals surface area contributed by atoms with Gasteiger partial charge < -0.3 is 4.57 Å². The van der Waals surface area contributed by atoms with E-state index in [0.29, 0.717) is 28.0 Å². The molecule has 162 valence electrons. The predicted octanol–water partition coefficient (Wildman–Crippen LogP) is 5.07. The van der Waals surface area contributed by atoms with Crippen LogP contribution in [0.1, 0.15) is 23.7 Å². The van der Waals surface area contributed by atoms with Gasteiger partial charge in [0, 0.05) is 28.5 Å². The van der Waals surface area contributed by atoms with Crippen molar-refractivity contribution in [2.45, 2.75) is 19.9 Å². The van der Waals surface area contributed by atoms with Gasteiger partial charge in [0.25, 0.3) is 11.8 Å². The fraction of sp³-hybridized carbons (Fsp3) is 0.125.